The summed E-state index contributed by atoms with van der Waals surface area (Å²) in [5.41, 5.74) is 2.20. The second-order valence-corrected chi connectivity index (χ2v) is 5.60. The molecule has 2 rings (SSSR count). The van der Waals surface area contributed by atoms with Crippen LogP contribution in [-0.2, 0) is 4.79 Å². The molecule has 0 radical (unpaired) electrons. The van der Waals surface area contributed by atoms with E-state index in [1.54, 1.807) is 23.1 Å². The lowest BCUT2D eigenvalue weighted by molar-refractivity contribution is -0.116. The number of amides is 2. The van der Waals surface area contributed by atoms with Crippen molar-refractivity contribution in [2.75, 3.05) is 18.0 Å². The quantitative estimate of drug-likeness (QED) is 0.913. The minimum absolute atomic E-state index is 0.122. The van der Waals surface area contributed by atoms with Crippen LogP contribution in [-0.4, -0.2) is 24.9 Å². The maximum Gasteiger partial charge on any atom is 0.251 e. The van der Waals surface area contributed by atoms with Crippen LogP contribution >= 0.6 is 11.6 Å². The molecule has 0 unspecified atom stereocenters. The van der Waals surface area contributed by atoms with E-state index in [1.165, 1.54) is 6.92 Å². The molecule has 0 bridgehead atoms. The highest BCUT2D eigenvalue weighted by Crippen LogP contribution is 2.24. The Bertz CT molecular complexity index is 716. The molecule has 0 aromatic heterocycles. The Morgan fingerprint density at radius 3 is 2.39 bits per heavy atom. The number of halogens is 1. The zero-order chi connectivity index (χ0) is 16.8. The van der Waals surface area contributed by atoms with Gasteiger partial charge < -0.3 is 10.2 Å². The highest BCUT2D eigenvalue weighted by molar-refractivity contribution is 6.33. The van der Waals surface area contributed by atoms with Crippen LogP contribution in [0.15, 0.2) is 48.5 Å². The van der Waals surface area contributed by atoms with Crippen LogP contribution in [0, 0.1) is 6.92 Å². The standard InChI is InChI=1S/C18H19ClN2O2/c1-13-7-3-4-8-15(13)18(23)20-11-12-21(14(2)22)17-10-6-5-9-16(17)19/h3-10H,11-12H2,1-2H3,(H,20,23). The van der Waals surface area contributed by atoms with Crippen LogP contribution in [0.3, 0.4) is 0 Å². The van der Waals surface area contributed by atoms with E-state index in [-0.39, 0.29) is 11.8 Å². The number of aryl methyl sites for hydroxylation is 1. The number of carbonyl (C=O) groups excluding carboxylic acids is 2. The summed E-state index contributed by atoms with van der Waals surface area (Å²) < 4.78 is 0. The van der Waals surface area contributed by atoms with Gasteiger partial charge in [0.2, 0.25) is 5.91 Å². The average molecular weight is 331 g/mol. The molecule has 0 fully saturated rings. The largest absolute Gasteiger partial charge is 0.350 e. The Labute approximate surface area is 141 Å². The van der Waals surface area contributed by atoms with Crippen molar-refractivity contribution in [3.63, 3.8) is 0 Å². The lowest BCUT2D eigenvalue weighted by Crippen LogP contribution is -2.37. The first-order valence-corrected chi connectivity index (χ1v) is 7.75. The normalized spacial score (nSPS) is 10.2. The fourth-order valence-electron chi connectivity index (χ4n) is 2.32. The molecular weight excluding hydrogens is 312 g/mol. The lowest BCUT2D eigenvalue weighted by atomic mass is 10.1. The van der Waals surface area contributed by atoms with E-state index in [0.29, 0.717) is 29.4 Å². The van der Waals surface area contributed by atoms with Crippen LogP contribution in [0.25, 0.3) is 0 Å². The molecule has 23 heavy (non-hydrogen) atoms. The molecule has 0 spiro atoms. The SMILES string of the molecule is CC(=O)N(CCNC(=O)c1ccccc1C)c1ccccc1Cl. The minimum Gasteiger partial charge on any atom is -0.350 e. The first-order valence-electron chi connectivity index (χ1n) is 7.37. The maximum atomic E-state index is 12.2. The highest BCUT2D eigenvalue weighted by atomic mass is 35.5. The Kier molecular flexibility index (Phi) is 5.77. The van der Waals surface area contributed by atoms with Gasteiger partial charge in [-0.1, -0.05) is 41.9 Å². The number of benzene rings is 2. The van der Waals surface area contributed by atoms with Crippen molar-refractivity contribution < 1.29 is 9.59 Å². The molecule has 0 heterocycles. The van der Waals surface area contributed by atoms with Crippen molar-refractivity contribution in [3.8, 4) is 0 Å². The Hall–Kier alpha value is -2.33. The molecule has 1 N–H and O–H groups in total. The summed E-state index contributed by atoms with van der Waals surface area (Å²) in [6, 6.07) is 14.5. The van der Waals surface area contributed by atoms with Crippen molar-refractivity contribution in [1.82, 2.24) is 5.32 Å². The van der Waals surface area contributed by atoms with Crippen LogP contribution in [0.5, 0.6) is 0 Å². The molecule has 120 valence electrons. The zero-order valence-electron chi connectivity index (χ0n) is 13.2. The Morgan fingerprint density at radius 2 is 1.74 bits per heavy atom. The number of hydrogen-bond acceptors (Lipinski definition) is 2. The molecule has 0 aliphatic heterocycles. The van der Waals surface area contributed by atoms with E-state index in [4.69, 9.17) is 11.6 Å². The maximum absolute atomic E-state index is 12.2. The number of rotatable bonds is 5. The van der Waals surface area contributed by atoms with Gasteiger partial charge in [0.25, 0.3) is 5.91 Å². The summed E-state index contributed by atoms with van der Waals surface area (Å²) in [5, 5.41) is 3.35. The van der Waals surface area contributed by atoms with E-state index < -0.39 is 0 Å². The van der Waals surface area contributed by atoms with E-state index >= 15 is 0 Å². The van der Waals surface area contributed by atoms with Crippen molar-refractivity contribution in [3.05, 3.63) is 64.7 Å². The van der Waals surface area contributed by atoms with Crippen LogP contribution < -0.4 is 10.2 Å². The van der Waals surface area contributed by atoms with Crippen LogP contribution in [0.2, 0.25) is 5.02 Å². The van der Waals surface area contributed by atoms with Gasteiger partial charge in [0.05, 0.1) is 10.7 Å². The highest BCUT2D eigenvalue weighted by Gasteiger charge is 2.15. The predicted octanol–water partition coefficient (Wildman–Crippen LogP) is 3.43. The second kappa shape index (κ2) is 7.79. The van der Waals surface area contributed by atoms with Gasteiger partial charge in [-0.2, -0.15) is 0 Å². The van der Waals surface area contributed by atoms with Crippen molar-refractivity contribution in [2.45, 2.75) is 13.8 Å². The fraction of sp³-hybridized carbons (Fsp3) is 0.222. The van der Waals surface area contributed by atoms with E-state index in [0.717, 1.165) is 5.56 Å². The number of para-hydroxylation sites is 1. The van der Waals surface area contributed by atoms with Crippen molar-refractivity contribution in [1.29, 1.82) is 0 Å². The van der Waals surface area contributed by atoms with Gasteiger partial charge >= 0.3 is 0 Å². The topological polar surface area (TPSA) is 49.4 Å². The van der Waals surface area contributed by atoms with Gasteiger partial charge in [-0.25, -0.2) is 0 Å². The predicted molar refractivity (Wildman–Crippen MR) is 93.0 cm³/mol. The lowest BCUT2D eigenvalue weighted by Gasteiger charge is -2.22. The minimum atomic E-state index is -0.147. The summed E-state index contributed by atoms with van der Waals surface area (Å²) in [4.78, 5) is 25.6. The van der Waals surface area contributed by atoms with Crippen molar-refractivity contribution >= 4 is 29.1 Å². The summed E-state index contributed by atoms with van der Waals surface area (Å²) in [5.74, 6) is -0.269. The molecule has 0 aliphatic carbocycles. The molecule has 4 nitrogen and oxygen atoms in total. The molecule has 0 aliphatic rings. The van der Waals surface area contributed by atoms with Gasteiger partial charge in [0, 0.05) is 25.6 Å². The van der Waals surface area contributed by atoms with Crippen molar-refractivity contribution in [2.24, 2.45) is 0 Å². The number of carbonyl (C=O) groups is 2. The third kappa shape index (κ3) is 4.33. The van der Waals surface area contributed by atoms with E-state index in [2.05, 4.69) is 5.32 Å². The van der Waals surface area contributed by atoms with E-state index in [1.807, 2.05) is 37.3 Å². The van der Waals surface area contributed by atoms with Gasteiger partial charge in [-0.15, -0.1) is 0 Å². The zero-order valence-corrected chi connectivity index (χ0v) is 13.9. The van der Waals surface area contributed by atoms with Gasteiger partial charge in [-0.3, -0.25) is 9.59 Å². The van der Waals surface area contributed by atoms with Crippen LogP contribution in [0.1, 0.15) is 22.8 Å². The Morgan fingerprint density at radius 1 is 1.09 bits per heavy atom. The summed E-state index contributed by atoms with van der Waals surface area (Å²) in [7, 11) is 0. The molecule has 2 aromatic carbocycles. The molecule has 0 saturated heterocycles. The van der Waals surface area contributed by atoms with E-state index in [9.17, 15) is 9.59 Å². The molecule has 0 atom stereocenters. The number of nitrogens with one attached hydrogen (secondary N) is 1. The molecule has 5 heteroatoms. The third-order valence-electron chi connectivity index (χ3n) is 3.53. The first kappa shape index (κ1) is 17.0. The fourth-order valence-corrected chi connectivity index (χ4v) is 2.56. The number of nitrogens with zero attached hydrogens (tertiary/aromatic N) is 1. The molecule has 2 aromatic rings. The molecule has 0 saturated carbocycles. The third-order valence-corrected chi connectivity index (χ3v) is 3.85. The number of anilines is 1. The summed E-state index contributed by atoms with van der Waals surface area (Å²) in [6.45, 7) is 4.07. The van der Waals surface area contributed by atoms with Gasteiger partial charge in [-0.05, 0) is 30.7 Å². The molecule has 2 amide bonds. The van der Waals surface area contributed by atoms with Crippen LogP contribution in [0.4, 0.5) is 5.69 Å². The number of hydrogen-bond donors (Lipinski definition) is 1. The smallest absolute Gasteiger partial charge is 0.251 e. The summed E-state index contributed by atoms with van der Waals surface area (Å²) in [6.07, 6.45) is 0. The van der Waals surface area contributed by atoms with Gasteiger partial charge in [0.15, 0.2) is 0 Å². The summed E-state index contributed by atoms with van der Waals surface area (Å²) >= 11 is 6.14. The average Bonchev–Trinajstić information content (AvgIpc) is 2.52. The monoisotopic (exact) mass is 330 g/mol. The van der Waals surface area contributed by atoms with Gasteiger partial charge in [0.1, 0.15) is 0 Å². The first-order chi connectivity index (χ1) is 11.0. The second-order valence-electron chi connectivity index (χ2n) is 5.19. The Balaban J connectivity index is 2.01. The molecular formula is C18H19ClN2O2.